The zero-order valence-electron chi connectivity index (χ0n) is 25.6. The molecule has 40 heavy (non-hydrogen) atoms. The topological polar surface area (TPSA) is 69.7 Å². The van der Waals surface area contributed by atoms with E-state index in [0.29, 0.717) is 36.7 Å². The average Bonchev–Trinajstić information content (AvgIpc) is 2.88. The van der Waals surface area contributed by atoms with E-state index in [1.807, 2.05) is 32.0 Å². The first-order valence-electron chi connectivity index (χ1n) is 15.0. The molecule has 1 unspecified atom stereocenters. The minimum absolute atomic E-state index is 0.0138. The van der Waals surface area contributed by atoms with Crippen LogP contribution in [0.5, 0.6) is 11.5 Å². The van der Waals surface area contributed by atoms with E-state index in [1.54, 1.807) is 6.92 Å². The number of ether oxygens (including phenoxy) is 2. The largest absolute Gasteiger partial charge is 0.493 e. The molecule has 218 valence electrons. The summed E-state index contributed by atoms with van der Waals surface area (Å²) in [5.41, 5.74) is 2.14. The molecule has 0 bridgehead atoms. The molecule has 2 aromatic rings. The Morgan fingerprint density at radius 2 is 1.52 bits per heavy atom. The van der Waals surface area contributed by atoms with E-state index >= 15 is 0 Å². The summed E-state index contributed by atoms with van der Waals surface area (Å²) in [4.78, 5) is 39.1. The Labute approximate surface area is 241 Å². The molecule has 1 aliphatic carbocycles. The van der Waals surface area contributed by atoms with Gasteiger partial charge < -0.3 is 9.47 Å². The van der Waals surface area contributed by atoms with Crippen molar-refractivity contribution < 1.29 is 23.9 Å². The van der Waals surface area contributed by atoms with Gasteiger partial charge in [-0.2, -0.15) is 0 Å². The molecule has 0 aromatic heterocycles. The Kier molecular flexibility index (Phi) is 10.7. The number of rotatable bonds is 16. The van der Waals surface area contributed by atoms with Crippen LogP contribution in [0.15, 0.2) is 42.5 Å². The molecule has 0 radical (unpaired) electrons. The van der Waals surface area contributed by atoms with Gasteiger partial charge in [0.15, 0.2) is 5.78 Å². The van der Waals surface area contributed by atoms with Crippen LogP contribution in [0.25, 0.3) is 0 Å². The molecule has 5 nitrogen and oxygen atoms in total. The van der Waals surface area contributed by atoms with Gasteiger partial charge >= 0.3 is 0 Å². The molecular formula is C35H48O5. The van der Waals surface area contributed by atoms with Crippen LogP contribution in [0, 0.1) is 11.3 Å². The van der Waals surface area contributed by atoms with Gasteiger partial charge in [0.05, 0.1) is 13.2 Å². The van der Waals surface area contributed by atoms with Crippen molar-refractivity contribution in [2.75, 3.05) is 13.2 Å². The highest BCUT2D eigenvalue weighted by atomic mass is 16.5. The van der Waals surface area contributed by atoms with E-state index in [-0.39, 0.29) is 34.6 Å². The zero-order chi connectivity index (χ0) is 29.5. The first-order chi connectivity index (χ1) is 19.0. The molecule has 2 atom stereocenters. The molecule has 3 rings (SSSR count). The van der Waals surface area contributed by atoms with Crippen LogP contribution in [0.2, 0.25) is 0 Å². The van der Waals surface area contributed by atoms with E-state index < -0.39 is 5.41 Å². The van der Waals surface area contributed by atoms with E-state index in [1.165, 1.54) is 12.5 Å². The van der Waals surface area contributed by atoms with Crippen LogP contribution in [0.1, 0.15) is 121 Å². The molecule has 1 fully saturated rings. The quantitative estimate of drug-likeness (QED) is 0.197. The first-order valence-corrected chi connectivity index (χ1v) is 15.0. The molecule has 0 spiro atoms. The van der Waals surface area contributed by atoms with Crippen molar-refractivity contribution in [2.45, 2.75) is 105 Å². The fraction of sp³-hybridized carbons (Fsp3) is 0.571. The molecule has 0 saturated heterocycles. The highest BCUT2D eigenvalue weighted by molar-refractivity contribution is 6.00. The Bertz CT molecular complexity index is 1150. The van der Waals surface area contributed by atoms with Gasteiger partial charge in [-0.1, -0.05) is 63.9 Å². The van der Waals surface area contributed by atoms with Crippen molar-refractivity contribution in [3.8, 4) is 11.5 Å². The molecule has 0 N–H and O–H groups in total. The van der Waals surface area contributed by atoms with Gasteiger partial charge in [0.25, 0.3) is 0 Å². The predicted molar refractivity (Wildman–Crippen MR) is 161 cm³/mol. The fourth-order valence-electron chi connectivity index (χ4n) is 6.20. The maximum atomic E-state index is 14.0. The van der Waals surface area contributed by atoms with Gasteiger partial charge in [-0.05, 0) is 88.0 Å². The molecule has 0 heterocycles. The van der Waals surface area contributed by atoms with Gasteiger partial charge in [-0.15, -0.1) is 0 Å². The summed E-state index contributed by atoms with van der Waals surface area (Å²) in [5.74, 6) is 0.789. The lowest BCUT2D eigenvalue weighted by Gasteiger charge is -2.40. The van der Waals surface area contributed by atoms with Crippen molar-refractivity contribution >= 4 is 17.3 Å². The molecule has 1 aliphatic rings. The third-order valence-corrected chi connectivity index (χ3v) is 9.03. The van der Waals surface area contributed by atoms with Gasteiger partial charge in [0.2, 0.25) is 0 Å². The number of Topliss-reactive ketones (excluding diaryl/α,β-unsaturated/α-hetero) is 3. The van der Waals surface area contributed by atoms with Crippen molar-refractivity contribution in [3.05, 3.63) is 59.2 Å². The summed E-state index contributed by atoms with van der Waals surface area (Å²) in [5, 5.41) is 0. The van der Waals surface area contributed by atoms with Crippen LogP contribution in [-0.2, 0) is 15.0 Å². The predicted octanol–water partition coefficient (Wildman–Crippen LogP) is 8.27. The molecule has 2 aromatic carbocycles. The normalized spacial score (nSPS) is 16.0. The van der Waals surface area contributed by atoms with Gasteiger partial charge in [0.1, 0.15) is 28.6 Å². The third kappa shape index (κ3) is 7.21. The Morgan fingerprint density at radius 3 is 1.98 bits per heavy atom. The van der Waals surface area contributed by atoms with Gasteiger partial charge in [0, 0.05) is 17.8 Å². The van der Waals surface area contributed by atoms with Crippen LogP contribution >= 0.6 is 0 Å². The highest BCUT2D eigenvalue weighted by Crippen LogP contribution is 2.47. The second kappa shape index (κ2) is 13.6. The number of ketones is 3. The van der Waals surface area contributed by atoms with E-state index in [2.05, 4.69) is 45.0 Å². The standard InChI is InChI=1S/C35H48O5/c1-8-39-31-21-27(22-32(40-9-2)33(31)25(4)36)24(3)29(30(38)23-35(26(5)37)19-14-20-35)17-13-18-34(6,7)28-15-11-10-12-16-28/h10-12,15-16,21-22,24,29H,8-9,13-14,17-20,23H2,1-7H3/t24-,29?/m1/s1. The summed E-state index contributed by atoms with van der Waals surface area (Å²) in [7, 11) is 0. The van der Waals surface area contributed by atoms with Crippen LogP contribution < -0.4 is 9.47 Å². The number of benzene rings is 2. The minimum Gasteiger partial charge on any atom is -0.493 e. The molecule has 1 saturated carbocycles. The maximum Gasteiger partial charge on any atom is 0.167 e. The van der Waals surface area contributed by atoms with E-state index in [9.17, 15) is 14.4 Å². The molecule has 0 aliphatic heterocycles. The minimum atomic E-state index is -0.496. The summed E-state index contributed by atoms with van der Waals surface area (Å²) < 4.78 is 11.8. The van der Waals surface area contributed by atoms with Crippen molar-refractivity contribution in [1.29, 1.82) is 0 Å². The smallest absolute Gasteiger partial charge is 0.167 e. The van der Waals surface area contributed by atoms with Gasteiger partial charge in [-0.25, -0.2) is 0 Å². The number of hydrogen-bond acceptors (Lipinski definition) is 5. The van der Waals surface area contributed by atoms with Crippen LogP contribution in [0.4, 0.5) is 0 Å². The fourth-order valence-corrected chi connectivity index (χ4v) is 6.20. The van der Waals surface area contributed by atoms with Crippen LogP contribution in [-0.4, -0.2) is 30.6 Å². The Balaban J connectivity index is 1.94. The second-order valence-corrected chi connectivity index (χ2v) is 12.2. The van der Waals surface area contributed by atoms with E-state index in [4.69, 9.17) is 9.47 Å². The van der Waals surface area contributed by atoms with Crippen molar-refractivity contribution in [2.24, 2.45) is 11.3 Å². The highest BCUT2D eigenvalue weighted by Gasteiger charge is 2.44. The lowest BCUT2D eigenvalue weighted by molar-refractivity contribution is -0.139. The lowest BCUT2D eigenvalue weighted by atomic mass is 9.62. The first kappa shape index (κ1) is 31.6. The summed E-state index contributed by atoms with van der Waals surface area (Å²) in [6, 6.07) is 14.3. The maximum absolute atomic E-state index is 14.0. The molecule has 0 amide bonds. The average molecular weight is 549 g/mol. The SMILES string of the molecule is CCOc1cc([C@@H](C)C(CCCC(C)(C)c2ccccc2)C(=O)CC2(C(C)=O)CCC2)cc(OCC)c1C(C)=O. The van der Waals surface area contributed by atoms with Crippen LogP contribution in [0.3, 0.4) is 0 Å². The van der Waals surface area contributed by atoms with Crippen molar-refractivity contribution in [1.82, 2.24) is 0 Å². The number of hydrogen-bond donors (Lipinski definition) is 0. The monoisotopic (exact) mass is 548 g/mol. The molecule has 5 heteroatoms. The Hall–Kier alpha value is -2.95. The number of carbonyl (C=O) groups is 3. The van der Waals surface area contributed by atoms with Crippen molar-refractivity contribution in [3.63, 3.8) is 0 Å². The molecular weight excluding hydrogens is 500 g/mol. The van der Waals surface area contributed by atoms with E-state index in [0.717, 1.165) is 44.1 Å². The number of carbonyl (C=O) groups excluding carboxylic acids is 3. The summed E-state index contributed by atoms with van der Waals surface area (Å²) in [6.45, 7) is 14.4. The third-order valence-electron chi connectivity index (χ3n) is 9.03. The Morgan fingerprint density at radius 1 is 0.950 bits per heavy atom. The van der Waals surface area contributed by atoms with Gasteiger partial charge in [-0.3, -0.25) is 14.4 Å². The summed E-state index contributed by atoms with van der Waals surface area (Å²) >= 11 is 0. The lowest BCUT2D eigenvalue weighted by Crippen LogP contribution is -2.40. The zero-order valence-corrected chi connectivity index (χ0v) is 25.6. The summed E-state index contributed by atoms with van der Waals surface area (Å²) in [6.07, 6.45) is 5.47. The second-order valence-electron chi connectivity index (χ2n) is 12.2.